The molecule has 0 bridgehead atoms. The molecule has 2 aromatic heterocycles. The fourth-order valence-corrected chi connectivity index (χ4v) is 3.44. The fourth-order valence-electron chi connectivity index (χ4n) is 1.83. The highest BCUT2D eigenvalue weighted by atomic mass is 79.9. The van der Waals surface area contributed by atoms with Crippen molar-refractivity contribution in [2.45, 2.75) is 32.4 Å². The van der Waals surface area contributed by atoms with Crippen LogP contribution in [0.1, 0.15) is 30.0 Å². The number of rotatable bonds is 4. The molecule has 2 N–H and O–H groups in total. The average molecular weight is 314 g/mol. The number of nitrogens with zero attached hydrogens (tertiary/aromatic N) is 2. The Bertz CT molecular complexity index is 451. The zero-order chi connectivity index (χ0) is 12.4. The van der Waals surface area contributed by atoms with Gasteiger partial charge in [-0.15, -0.1) is 11.3 Å². The summed E-state index contributed by atoms with van der Waals surface area (Å²) in [6.45, 7) is 4.10. The van der Waals surface area contributed by atoms with Crippen LogP contribution in [-0.4, -0.2) is 15.8 Å². The standard InChI is InChI=1S/C12H16BrN3S/c1-3-10(14)12(11-6-9(13)7-17-11)16-5-4-8(2)15-16/h4-7,10,12H,3,14H2,1-2H3. The Balaban J connectivity index is 2.38. The van der Waals surface area contributed by atoms with Crippen LogP contribution < -0.4 is 5.73 Å². The molecule has 0 aliphatic carbocycles. The van der Waals surface area contributed by atoms with Crippen molar-refractivity contribution < 1.29 is 0 Å². The molecule has 2 aromatic rings. The zero-order valence-electron chi connectivity index (χ0n) is 9.93. The molecular weight excluding hydrogens is 298 g/mol. The van der Waals surface area contributed by atoms with Crippen molar-refractivity contribution in [3.05, 3.63) is 38.8 Å². The van der Waals surface area contributed by atoms with Gasteiger partial charge in [0.05, 0.1) is 5.69 Å². The molecule has 2 unspecified atom stereocenters. The Hall–Kier alpha value is -0.650. The summed E-state index contributed by atoms with van der Waals surface area (Å²) in [7, 11) is 0. The number of aromatic nitrogens is 2. The third-order valence-electron chi connectivity index (χ3n) is 2.78. The molecule has 5 heteroatoms. The molecule has 2 heterocycles. The van der Waals surface area contributed by atoms with Crippen LogP contribution in [0.25, 0.3) is 0 Å². The maximum atomic E-state index is 6.23. The van der Waals surface area contributed by atoms with Crippen molar-refractivity contribution in [3.8, 4) is 0 Å². The van der Waals surface area contributed by atoms with Crippen LogP contribution in [0.3, 0.4) is 0 Å². The van der Waals surface area contributed by atoms with Crippen molar-refractivity contribution >= 4 is 27.3 Å². The number of halogens is 1. The van der Waals surface area contributed by atoms with Gasteiger partial charge in [0.2, 0.25) is 0 Å². The Morgan fingerprint density at radius 2 is 2.35 bits per heavy atom. The molecule has 0 radical (unpaired) electrons. The second-order valence-electron chi connectivity index (χ2n) is 4.12. The largest absolute Gasteiger partial charge is 0.326 e. The Morgan fingerprint density at radius 3 is 2.82 bits per heavy atom. The summed E-state index contributed by atoms with van der Waals surface area (Å²) in [5.41, 5.74) is 7.25. The summed E-state index contributed by atoms with van der Waals surface area (Å²) in [5.74, 6) is 0. The molecule has 0 aliphatic heterocycles. The van der Waals surface area contributed by atoms with Crippen molar-refractivity contribution in [3.63, 3.8) is 0 Å². The Labute approximate surface area is 114 Å². The average Bonchev–Trinajstić information content (AvgIpc) is 2.89. The molecule has 0 saturated heterocycles. The number of hydrogen-bond acceptors (Lipinski definition) is 3. The predicted molar refractivity (Wildman–Crippen MR) is 75.4 cm³/mol. The van der Waals surface area contributed by atoms with Gasteiger partial charge in [-0.2, -0.15) is 5.10 Å². The van der Waals surface area contributed by atoms with E-state index >= 15 is 0 Å². The highest BCUT2D eigenvalue weighted by Crippen LogP contribution is 2.30. The molecule has 0 amide bonds. The molecule has 0 saturated carbocycles. The smallest absolute Gasteiger partial charge is 0.101 e. The minimum absolute atomic E-state index is 0.0832. The first-order chi connectivity index (χ1) is 8.11. The zero-order valence-corrected chi connectivity index (χ0v) is 12.3. The van der Waals surface area contributed by atoms with Crippen LogP contribution in [0, 0.1) is 6.92 Å². The summed E-state index contributed by atoms with van der Waals surface area (Å²) in [4.78, 5) is 1.24. The van der Waals surface area contributed by atoms with Crippen LogP contribution >= 0.6 is 27.3 Å². The van der Waals surface area contributed by atoms with Crippen LogP contribution in [0.4, 0.5) is 0 Å². The fraction of sp³-hybridized carbons (Fsp3) is 0.417. The first-order valence-corrected chi connectivity index (χ1v) is 7.30. The number of aryl methyl sites for hydroxylation is 1. The lowest BCUT2D eigenvalue weighted by Crippen LogP contribution is -2.32. The van der Waals surface area contributed by atoms with Crippen molar-refractivity contribution in [1.29, 1.82) is 0 Å². The van der Waals surface area contributed by atoms with E-state index in [1.807, 2.05) is 23.9 Å². The maximum absolute atomic E-state index is 6.23. The van der Waals surface area contributed by atoms with Gasteiger partial charge in [-0.1, -0.05) is 6.92 Å². The molecule has 0 fully saturated rings. The highest BCUT2D eigenvalue weighted by molar-refractivity contribution is 9.10. The first-order valence-electron chi connectivity index (χ1n) is 5.63. The monoisotopic (exact) mass is 313 g/mol. The lowest BCUT2D eigenvalue weighted by atomic mass is 10.1. The topological polar surface area (TPSA) is 43.8 Å². The molecule has 92 valence electrons. The molecule has 3 nitrogen and oxygen atoms in total. The predicted octanol–water partition coefficient (Wildman–Crippen LogP) is 3.34. The Kier molecular flexibility index (Phi) is 4.01. The van der Waals surface area contributed by atoms with Gasteiger partial charge in [0.15, 0.2) is 0 Å². The van der Waals surface area contributed by atoms with Crippen LogP contribution in [0.15, 0.2) is 28.2 Å². The summed E-state index contributed by atoms with van der Waals surface area (Å²) >= 11 is 5.21. The van der Waals surface area contributed by atoms with Gasteiger partial charge in [0.25, 0.3) is 0 Å². The lowest BCUT2D eigenvalue weighted by molar-refractivity contribution is 0.428. The molecule has 0 aliphatic rings. The molecule has 2 rings (SSSR count). The quantitative estimate of drug-likeness (QED) is 0.940. The van der Waals surface area contributed by atoms with E-state index in [1.54, 1.807) is 11.3 Å². The third-order valence-corrected chi connectivity index (χ3v) is 4.55. The minimum atomic E-state index is 0.0832. The van der Waals surface area contributed by atoms with Crippen LogP contribution in [0.2, 0.25) is 0 Å². The number of nitrogens with two attached hydrogens (primary N) is 1. The van der Waals surface area contributed by atoms with E-state index < -0.39 is 0 Å². The van der Waals surface area contributed by atoms with E-state index in [9.17, 15) is 0 Å². The second-order valence-corrected chi connectivity index (χ2v) is 5.98. The highest BCUT2D eigenvalue weighted by Gasteiger charge is 2.22. The molecule has 17 heavy (non-hydrogen) atoms. The van der Waals surface area contributed by atoms with Gasteiger partial charge in [-0.25, -0.2) is 0 Å². The summed E-state index contributed by atoms with van der Waals surface area (Å²) in [6.07, 6.45) is 2.93. The van der Waals surface area contributed by atoms with E-state index in [0.29, 0.717) is 0 Å². The molecule has 0 spiro atoms. The van der Waals surface area contributed by atoms with Crippen molar-refractivity contribution in [2.24, 2.45) is 5.73 Å². The second kappa shape index (κ2) is 5.33. The SMILES string of the molecule is CCC(N)C(c1cc(Br)cs1)n1ccc(C)n1. The number of thiophene rings is 1. The van der Waals surface area contributed by atoms with E-state index in [0.717, 1.165) is 16.6 Å². The normalized spacial score (nSPS) is 14.8. The summed E-state index contributed by atoms with van der Waals surface area (Å²) in [5, 5.41) is 6.58. The maximum Gasteiger partial charge on any atom is 0.101 e. The lowest BCUT2D eigenvalue weighted by Gasteiger charge is -2.22. The first kappa shape index (κ1) is 12.8. The Morgan fingerprint density at radius 1 is 1.59 bits per heavy atom. The van der Waals surface area contributed by atoms with Crippen molar-refractivity contribution in [1.82, 2.24) is 9.78 Å². The van der Waals surface area contributed by atoms with Crippen LogP contribution in [0.5, 0.6) is 0 Å². The van der Waals surface area contributed by atoms with E-state index in [-0.39, 0.29) is 12.1 Å². The van der Waals surface area contributed by atoms with Crippen molar-refractivity contribution in [2.75, 3.05) is 0 Å². The van der Waals surface area contributed by atoms with E-state index in [1.165, 1.54) is 4.88 Å². The van der Waals surface area contributed by atoms with E-state index in [4.69, 9.17) is 5.73 Å². The molecular formula is C12H16BrN3S. The molecule has 2 atom stereocenters. The number of hydrogen-bond donors (Lipinski definition) is 1. The van der Waals surface area contributed by atoms with E-state index in [2.05, 4.69) is 39.4 Å². The minimum Gasteiger partial charge on any atom is -0.326 e. The van der Waals surface area contributed by atoms with Gasteiger partial charge in [0.1, 0.15) is 6.04 Å². The summed E-state index contributed by atoms with van der Waals surface area (Å²) < 4.78 is 3.08. The summed E-state index contributed by atoms with van der Waals surface area (Å²) in [6, 6.07) is 4.35. The van der Waals surface area contributed by atoms with Gasteiger partial charge < -0.3 is 5.73 Å². The van der Waals surface area contributed by atoms with Gasteiger partial charge in [-0.3, -0.25) is 4.68 Å². The van der Waals surface area contributed by atoms with Gasteiger partial charge in [-0.05, 0) is 41.4 Å². The van der Waals surface area contributed by atoms with Gasteiger partial charge >= 0.3 is 0 Å². The van der Waals surface area contributed by atoms with Gasteiger partial charge in [0, 0.05) is 27.0 Å². The van der Waals surface area contributed by atoms with Crippen LogP contribution in [-0.2, 0) is 0 Å². The molecule has 0 aromatic carbocycles. The third kappa shape index (κ3) is 2.78.